The van der Waals surface area contributed by atoms with Crippen molar-refractivity contribution in [2.24, 2.45) is 0 Å². The molecule has 0 N–H and O–H groups in total. The van der Waals surface area contributed by atoms with Crippen LogP contribution in [-0.2, 0) is 0 Å². The van der Waals surface area contributed by atoms with Gasteiger partial charge in [-0.3, -0.25) is 9.97 Å². The summed E-state index contributed by atoms with van der Waals surface area (Å²) in [6, 6.07) is 13.4. The van der Waals surface area contributed by atoms with E-state index in [1.807, 2.05) is 0 Å². The Morgan fingerprint density at radius 1 is 0.548 bits per heavy atom. The van der Waals surface area contributed by atoms with Gasteiger partial charge < -0.3 is 0 Å². The topological polar surface area (TPSA) is 25.8 Å². The van der Waals surface area contributed by atoms with E-state index in [4.69, 9.17) is 0 Å². The van der Waals surface area contributed by atoms with Crippen molar-refractivity contribution in [3.05, 3.63) is 84.2 Å². The van der Waals surface area contributed by atoms with E-state index in [1.165, 1.54) is 60.9 Å². The summed E-state index contributed by atoms with van der Waals surface area (Å²) in [6.07, 6.45) is 2.95. The van der Waals surface area contributed by atoms with E-state index >= 15 is 0 Å². The summed E-state index contributed by atoms with van der Waals surface area (Å²) in [6.45, 7) is 0. The number of halogens is 6. The van der Waals surface area contributed by atoms with Crippen LogP contribution in [0.15, 0.2) is 73.1 Å². The highest BCUT2D eigenvalue weighted by Crippen LogP contribution is 2.64. The van der Waals surface area contributed by atoms with Crippen molar-refractivity contribution in [1.82, 2.24) is 9.97 Å². The summed E-state index contributed by atoms with van der Waals surface area (Å²) in [5.74, 6) is -15.8. The molecular formula is C23H12F6N2. The van der Waals surface area contributed by atoms with E-state index < -0.39 is 40.0 Å². The molecule has 2 aromatic carbocycles. The molecule has 0 amide bonds. The van der Waals surface area contributed by atoms with Gasteiger partial charge in [-0.05, 0) is 47.5 Å². The lowest BCUT2D eigenvalue weighted by Gasteiger charge is -2.26. The number of hydrogen-bond donors (Lipinski definition) is 0. The minimum absolute atomic E-state index is 0.365. The number of hydrogen-bond acceptors (Lipinski definition) is 2. The summed E-state index contributed by atoms with van der Waals surface area (Å²) >= 11 is 0. The number of rotatable bonds is 2. The lowest BCUT2D eigenvalue weighted by Crippen LogP contribution is -2.48. The van der Waals surface area contributed by atoms with Crippen molar-refractivity contribution in [3.63, 3.8) is 0 Å². The molecule has 2 aromatic heterocycles. The van der Waals surface area contributed by atoms with Crippen LogP contribution in [0.5, 0.6) is 0 Å². The molecule has 2 heterocycles. The number of aromatic nitrogens is 2. The molecule has 156 valence electrons. The van der Waals surface area contributed by atoms with E-state index in [2.05, 4.69) is 9.97 Å². The van der Waals surface area contributed by atoms with Gasteiger partial charge in [0.1, 0.15) is 0 Å². The molecule has 4 aromatic rings. The second-order valence-corrected chi connectivity index (χ2v) is 7.29. The van der Waals surface area contributed by atoms with Crippen molar-refractivity contribution < 1.29 is 26.3 Å². The maximum atomic E-state index is 14.9. The average Bonchev–Trinajstić information content (AvgIpc) is 2.86. The molecule has 8 heteroatoms. The lowest BCUT2D eigenvalue weighted by molar-refractivity contribution is -0.254. The van der Waals surface area contributed by atoms with E-state index in [9.17, 15) is 26.3 Å². The Morgan fingerprint density at radius 3 is 1.39 bits per heavy atom. The van der Waals surface area contributed by atoms with E-state index in [-0.39, 0.29) is 0 Å². The van der Waals surface area contributed by atoms with Crippen molar-refractivity contribution in [2.45, 2.75) is 17.8 Å². The fourth-order valence-electron chi connectivity index (χ4n) is 3.94. The van der Waals surface area contributed by atoms with E-state index in [0.29, 0.717) is 21.8 Å². The minimum atomic E-state index is -5.60. The van der Waals surface area contributed by atoms with Gasteiger partial charge >= 0.3 is 17.8 Å². The first kappa shape index (κ1) is 19.5. The number of pyridine rings is 2. The molecule has 0 unspecified atom stereocenters. The third-order valence-electron chi connectivity index (χ3n) is 5.45. The van der Waals surface area contributed by atoms with Gasteiger partial charge in [0.05, 0.1) is 11.0 Å². The number of fused-ring (bicyclic) bond motifs is 2. The van der Waals surface area contributed by atoms with Crippen LogP contribution in [0.1, 0.15) is 11.1 Å². The molecule has 0 spiro atoms. The normalized spacial score (nSPS) is 19.3. The number of alkyl halides is 6. The highest BCUT2D eigenvalue weighted by molar-refractivity contribution is 6.03. The quantitative estimate of drug-likeness (QED) is 0.334. The standard InChI is InChI=1S/C23H12F6N2/c24-21(25)19(15-5-7-17-13(11-15)3-1-9-30-17)20(22(26,27)23(21,28)29)16-6-8-18-14(12-16)4-2-10-31-18/h1-12H. The molecule has 0 radical (unpaired) electrons. The average molecular weight is 430 g/mol. The third kappa shape index (κ3) is 2.60. The second-order valence-electron chi connectivity index (χ2n) is 7.29. The smallest absolute Gasteiger partial charge is 0.256 e. The van der Waals surface area contributed by atoms with Crippen LogP contribution >= 0.6 is 0 Å². The summed E-state index contributed by atoms with van der Waals surface area (Å²) in [4.78, 5) is 8.09. The Kier molecular flexibility index (Phi) is 3.96. The number of benzene rings is 2. The first-order chi connectivity index (χ1) is 14.6. The molecule has 1 aliphatic rings. The summed E-state index contributed by atoms with van der Waals surface area (Å²) in [5.41, 5.74) is -2.77. The van der Waals surface area contributed by atoms with Crippen LogP contribution in [0, 0.1) is 0 Å². The predicted molar refractivity (Wildman–Crippen MR) is 105 cm³/mol. The van der Waals surface area contributed by atoms with Crippen LogP contribution in [0.2, 0.25) is 0 Å². The van der Waals surface area contributed by atoms with Gasteiger partial charge in [0.25, 0.3) is 0 Å². The zero-order valence-corrected chi connectivity index (χ0v) is 15.6. The maximum Gasteiger partial charge on any atom is 0.380 e. The van der Waals surface area contributed by atoms with Crippen molar-refractivity contribution in [3.8, 4) is 0 Å². The first-order valence-electron chi connectivity index (χ1n) is 9.23. The lowest BCUT2D eigenvalue weighted by atomic mass is 9.93. The SMILES string of the molecule is FC1(F)C(c2ccc3ncccc3c2)=C(c2ccc3ncccc3c2)C(F)(F)C1(F)F. The largest absolute Gasteiger partial charge is 0.380 e. The molecule has 1 aliphatic carbocycles. The van der Waals surface area contributed by atoms with Gasteiger partial charge in [-0.15, -0.1) is 0 Å². The third-order valence-corrected chi connectivity index (χ3v) is 5.45. The highest BCUT2D eigenvalue weighted by Gasteiger charge is 2.80. The van der Waals surface area contributed by atoms with Gasteiger partial charge in [0, 0.05) is 34.3 Å². The van der Waals surface area contributed by atoms with Crippen LogP contribution in [0.25, 0.3) is 33.0 Å². The van der Waals surface area contributed by atoms with Gasteiger partial charge in [0.15, 0.2) is 0 Å². The van der Waals surface area contributed by atoms with Crippen molar-refractivity contribution in [2.75, 3.05) is 0 Å². The molecular weight excluding hydrogens is 418 g/mol. The molecule has 31 heavy (non-hydrogen) atoms. The fourth-order valence-corrected chi connectivity index (χ4v) is 3.94. The first-order valence-corrected chi connectivity index (χ1v) is 9.23. The molecule has 0 fully saturated rings. The van der Waals surface area contributed by atoms with Gasteiger partial charge in [-0.1, -0.05) is 24.3 Å². The fraction of sp³-hybridized carbons (Fsp3) is 0.130. The highest BCUT2D eigenvalue weighted by atomic mass is 19.3. The van der Waals surface area contributed by atoms with E-state index in [1.54, 1.807) is 0 Å². The minimum Gasteiger partial charge on any atom is -0.256 e. The molecule has 0 saturated carbocycles. The number of allylic oxidation sites excluding steroid dienone is 2. The van der Waals surface area contributed by atoms with Crippen molar-refractivity contribution >= 4 is 33.0 Å². The zero-order chi connectivity index (χ0) is 22.0. The van der Waals surface area contributed by atoms with Crippen LogP contribution in [0.4, 0.5) is 26.3 Å². The second kappa shape index (κ2) is 6.29. The van der Waals surface area contributed by atoms with Gasteiger partial charge in [-0.25, -0.2) is 0 Å². The Morgan fingerprint density at radius 2 is 0.968 bits per heavy atom. The molecule has 2 nitrogen and oxygen atoms in total. The summed E-state index contributed by atoms with van der Waals surface area (Å²) < 4.78 is 88.5. The molecule has 0 saturated heterocycles. The zero-order valence-electron chi connectivity index (χ0n) is 15.6. The maximum absolute atomic E-state index is 14.9. The van der Waals surface area contributed by atoms with Gasteiger partial charge in [0.2, 0.25) is 0 Å². The Labute approximate surface area is 171 Å². The summed E-state index contributed by atoms with van der Waals surface area (Å²) in [7, 11) is 0. The Bertz CT molecular complexity index is 1270. The summed E-state index contributed by atoms with van der Waals surface area (Å²) in [5, 5.41) is 0.729. The molecule has 0 bridgehead atoms. The molecule has 0 aliphatic heterocycles. The van der Waals surface area contributed by atoms with Gasteiger partial charge in [-0.2, -0.15) is 26.3 Å². The molecule has 5 rings (SSSR count). The monoisotopic (exact) mass is 430 g/mol. The predicted octanol–water partition coefficient (Wildman–Crippen LogP) is 6.61. The Hall–Kier alpha value is -3.42. The van der Waals surface area contributed by atoms with Crippen LogP contribution in [-0.4, -0.2) is 27.7 Å². The van der Waals surface area contributed by atoms with E-state index in [0.717, 1.165) is 12.1 Å². The number of nitrogens with zero attached hydrogens (tertiary/aromatic N) is 2. The Balaban J connectivity index is 1.85. The van der Waals surface area contributed by atoms with Crippen molar-refractivity contribution in [1.29, 1.82) is 0 Å². The van der Waals surface area contributed by atoms with Crippen LogP contribution < -0.4 is 0 Å². The van der Waals surface area contributed by atoms with Crippen LogP contribution in [0.3, 0.4) is 0 Å². The molecule has 0 atom stereocenters.